The molecule has 0 aliphatic heterocycles. The van der Waals surface area contributed by atoms with Crippen LogP contribution in [0.4, 0.5) is 8.78 Å². The number of hydrogen-bond donors (Lipinski definition) is 2. The summed E-state index contributed by atoms with van der Waals surface area (Å²) in [6.45, 7) is 2.61. The Hall–Kier alpha value is -0.710. The normalized spacial score (nSPS) is 30.1. The third-order valence-electron chi connectivity index (χ3n) is 3.30. The Morgan fingerprint density at radius 1 is 1.67 bits per heavy atom. The van der Waals surface area contributed by atoms with Crippen LogP contribution in [0.2, 0.25) is 0 Å². The summed E-state index contributed by atoms with van der Waals surface area (Å²) in [5.74, 6) is -3.36. The van der Waals surface area contributed by atoms with E-state index < -0.39 is 19.0 Å². The van der Waals surface area contributed by atoms with Crippen LogP contribution >= 0.6 is 0 Å². The molecule has 0 saturated heterocycles. The second kappa shape index (κ2) is 4.04. The lowest BCUT2D eigenvalue weighted by Crippen LogP contribution is -2.42. The molecule has 1 rings (SSSR count). The highest BCUT2D eigenvalue weighted by Crippen LogP contribution is 2.54. The van der Waals surface area contributed by atoms with Crippen molar-refractivity contribution in [2.75, 3.05) is 13.1 Å². The Labute approximate surface area is 88.4 Å². The summed E-state index contributed by atoms with van der Waals surface area (Å²) in [5, 5.41) is 2.26. The Kier molecular flexibility index (Phi) is 3.33. The number of nitrogens with two attached hydrogens (primary N) is 1. The third kappa shape index (κ3) is 2.87. The molecule has 2 unspecified atom stereocenters. The van der Waals surface area contributed by atoms with E-state index >= 15 is 0 Å². The van der Waals surface area contributed by atoms with E-state index in [1.165, 1.54) is 0 Å². The molecule has 0 spiro atoms. The van der Waals surface area contributed by atoms with Crippen molar-refractivity contribution in [3.8, 4) is 0 Å². The first-order valence-corrected chi connectivity index (χ1v) is 5.20. The van der Waals surface area contributed by atoms with Crippen molar-refractivity contribution in [1.82, 2.24) is 5.32 Å². The molecule has 15 heavy (non-hydrogen) atoms. The van der Waals surface area contributed by atoms with Crippen molar-refractivity contribution < 1.29 is 13.6 Å². The summed E-state index contributed by atoms with van der Waals surface area (Å²) >= 11 is 0. The fourth-order valence-corrected chi connectivity index (χ4v) is 1.62. The quantitative estimate of drug-likeness (QED) is 0.729. The smallest absolute Gasteiger partial charge is 0.277 e. The monoisotopic (exact) mass is 220 g/mol. The molecule has 1 aliphatic rings. The fourth-order valence-electron chi connectivity index (χ4n) is 1.62. The summed E-state index contributed by atoms with van der Waals surface area (Å²) in [6.07, 6.45) is 1.70. The molecule has 0 bridgehead atoms. The van der Waals surface area contributed by atoms with Crippen molar-refractivity contribution in [2.45, 2.75) is 32.6 Å². The van der Waals surface area contributed by atoms with Gasteiger partial charge in [-0.25, -0.2) is 8.78 Å². The van der Waals surface area contributed by atoms with Crippen LogP contribution in [0.3, 0.4) is 0 Å². The van der Waals surface area contributed by atoms with Crippen molar-refractivity contribution in [2.24, 2.45) is 17.1 Å². The van der Waals surface area contributed by atoms with Crippen LogP contribution < -0.4 is 11.1 Å². The maximum atomic E-state index is 12.7. The standard InChI is InChI=1S/C10H18F2N2O/c1-3-9(2)4-7(9)8(15)14-6-10(11,12)5-13/h7H,3-6,13H2,1-2H3,(H,14,15). The Morgan fingerprint density at radius 2 is 2.27 bits per heavy atom. The minimum atomic E-state index is -2.99. The molecule has 3 nitrogen and oxygen atoms in total. The lowest BCUT2D eigenvalue weighted by Gasteiger charge is -2.15. The Morgan fingerprint density at radius 3 is 2.67 bits per heavy atom. The van der Waals surface area contributed by atoms with E-state index in [0.29, 0.717) is 0 Å². The molecule has 1 amide bonds. The lowest BCUT2D eigenvalue weighted by molar-refractivity contribution is -0.124. The highest BCUT2D eigenvalue weighted by Gasteiger charge is 2.53. The van der Waals surface area contributed by atoms with Crippen molar-refractivity contribution in [3.63, 3.8) is 0 Å². The van der Waals surface area contributed by atoms with Gasteiger partial charge in [0, 0.05) is 5.92 Å². The van der Waals surface area contributed by atoms with E-state index in [0.717, 1.165) is 12.8 Å². The molecule has 2 atom stereocenters. The number of nitrogens with one attached hydrogen (secondary N) is 1. The van der Waals surface area contributed by atoms with E-state index in [9.17, 15) is 13.6 Å². The maximum Gasteiger partial charge on any atom is 0.277 e. The first kappa shape index (κ1) is 12.4. The minimum absolute atomic E-state index is 0.0160. The van der Waals surface area contributed by atoms with Gasteiger partial charge < -0.3 is 11.1 Å². The molecule has 0 radical (unpaired) electrons. The summed E-state index contributed by atoms with van der Waals surface area (Å²) in [6, 6.07) is 0. The van der Waals surface area contributed by atoms with Crippen LogP contribution in [0, 0.1) is 11.3 Å². The average Bonchev–Trinajstić information content (AvgIpc) is 2.89. The number of halogens is 2. The molecule has 0 heterocycles. The van der Waals surface area contributed by atoms with Crippen LogP contribution in [0.25, 0.3) is 0 Å². The first-order valence-electron chi connectivity index (χ1n) is 5.20. The second-order valence-corrected chi connectivity index (χ2v) is 4.54. The molecule has 88 valence electrons. The second-order valence-electron chi connectivity index (χ2n) is 4.54. The van der Waals surface area contributed by atoms with Gasteiger partial charge in [-0.1, -0.05) is 13.8 Å². The number of rotatable bonds is 5. The van der Waals surface area contributed by atoms with Crippen LogP contribution in [-0.4, -0.2) is 24.9 Å². The summed E-state index contributed by atoms with van der Waals surface area (Å²) in [7, 11) is 0. The summed E-state index contributed by atoms with van der Waals surface area (Å²) in [4.78, 5) is 11.5. The van der Waals surface area contributed by atoms with Gasteiger partial charge in [-0.3, -0.25) is 4.79 Å². The van der Waals surface area contributed by atoms with Crippen molar-refractivity contribution >= 4 is 5.91 Å². The predicted molar refractivity (Wildman–Crippen MR) is 53.5 cm³/mol. The Balaban J connectivity index is 2.33. The topological polar surface area (TPSA) is 55.1 Å². The van der Waals surface area contributed by atoms with Gasteiger partial charge in [0.2, 0.25) is 5.91 Å². The van der Waals surface area contributed by atoms with Crippen LogP contribution in [-0.2, 0) is 4.79 Å². The zero-order valence-electron chi connectivity index (χ0n) is 9.15. The minimum Gasteiger partial charge on any atom is -0.350 e. The molecule has 1 aliphatic carbocycles. The van der Waals surface area contributed by atoms with E-state index in [-0.39, 0.29) is 17.2 Å². The van der Waals surface area contributed by atoms with Crippen LogP contribution in [0.1, 0.15) is 26.7 Å². The SMILES string of the molecule is CCC1(C)CC1C(=O)NCC(F)(F)CN. The molecule has 5 heteroatoms. The van der Waals surface area contributed by atoms with E-state index in [1.807, 2.05) is 13.8 Å². The number of alkyl halides is 2. The molecular formula is C10H18F2N2O. The van der Waals surface area contributed by atoms with Crippen molar-refractivity contribution in [1.29, 1.82) is 0 Å². The molecule has 1 saturated carbocycles. The summed E-state index contributed by atoms with van der Waals surface area (Å²) < 4.78 is 25.5. The predicted octanol–water partition coefficient (Wildman–Crippen LogP) is 1.13. The zero-order chi connectivity index (χ0) is 11.7. The molecule has 3 N–H and O–H groups in total. The lowest BCUT2D eigenvalue weighted by atomic mass is 10.0. The van der Waals surface area contributed by atoms with Gasteiger partial charge in [0.1, 0.15) is 0 Å². The number of carbonyl (C=O) groups is 1. The van der Waals surface area contributed by atoms with Gasteiger partial charge in [-0.05, 0) is 18.3 Å². The van der Waals surface area contributed by atoms with E-state index in [2.05, 4.69) is 5.32 Å². The zero-order valence-corrected chi connectivity index (χ0v) is 9.15. The highest BCUT2D eigenvalue weighted by molar-refractivity contribution is 5.82. The number of amides is 1. The average molecular weight is 220 g/mol. The number of hydrogen-bond acceptors (Lipinski definition) is 2. The Bertz CT molecular complexity index is 258. The van der Waals surface area contributed by atoms with Gasteiger partial charge in [-0.2, -0.15) is 0 Å². The van der Waals surface area contributed by atoms with E-state index in [1.54, 1.807) is 0 Å². The van der Waals surface area contributed by atoms with Crippen molar-refractivity contribution in [3.05, 3.63) is 0 Å². The van der Waals surface area contributed by atoms with E-state index in [4.69, 9.17) is 5.73 Å². The summed E-state index contributed by atoms with van der Waals surface area (Å²) in [5.41, 5.74) is 4.88. The fraction of sp³-hybridized carbons (Fsp3) is 0.900. The molecular weight excluding hydrogens is 202 g/mol. The first-order chi connectivity index (χ1) is 6.84. The largest absolute Gasteiger partial charge is 0.350 e. The maximum absolute atomic E-state index is 12.7. The highest BCUT2D eigenvalue weighted by atomic mass is 19.3. The van der Waals surface area contributed by atoms with Crippen LogP contribution in [0.15, 0.2) is 0 Å². The van der Waals surface area contributed by atoms with Crippen LogP contribution in [0.5, 0.6) is 0 Å². The molecule has 0 aromatic heterocycles. The van der Waals surface area contributed by atoms with Gasteiger partial charge >= 0.3 is 0 Å². The molecule has 1 fully saturated rings. The van der Waals surface area contributed by atoms with Gasteiger partial charge in [0.05, 0.1) is 13.1 Å². The molecule has 0 aromatic carbocycles. The molecule has 0 aromatic rings. The van der Waals surface area contributed by atoms with Gasteiger partial charge in [-0.15, -0.1) is 0 Å². The van der Waals surface area contributed by atoms with Gasteiger partial charge in [0.15, 0.2) is 0 Å². The third-order valence-corrected chi connectivity index (χ3v) is 3.30. The number of carbonyl (C=O) groups excluding carboxylic acids is 1. The van der Waals surface area contributed by atoms with Gasteiger partial charge in [0.25, 0.3) is 5.92 Å².